The van der Waals surface area contributed by atoms with Crippen molar-refractivity contribution in [2.75, 3.05) is 6.54 Å². The zero-order valence-corrected chi connectivity index (χ0v) is 15.3. The average molecular weight is 330 g/mol. The minimum atomic E-state index is -0.214. The maximum atomic E-state index is 12.6. The predicted octanol–water partition coefficient (Wildman–Crippen LogP) is 3.02. The van der Waals surface area contributed by atoms with Crippen LogP contribution in [0.2, 0.25) is 0 Å². The summed E-state index contributed by atoms with van der Waals surface area (Å²) < 4.78 is 0. The molecule has 0 aromatic heterocycles. The van der Waals surface area contributed by atoms with Gasteiger partial charge in [-0.1, -0.05) is 58.0 Å². The standard InChI is InChI=1S/C20H30N2O2/c1-14(2)10-17-11-15(12-18(23)22-17)19(24)21-13-20(3,4)16-8-6-5-7-9-16/h5-9,14-15,17H,10-13H2,1-4H3,(H,21,24)(H,22,23). The number of benzene rings is 1. The van der Waals surface area contributed by atoms with Crippen LogP contribution in [0.4, 0.5) is 0 Å². The summed E-state index contributed by atoms with van der Waals surface area (Å²) >= 11 is 0. The maximum Gasteiger partial charge on any atom is 0.223 e. The monoisotopic (exact) mass is 330 g/mol. The first-order chi connectivity index (χ1) is 11.3. The van der Waals surface area contributed by atoms with Crippen molar-refractivity contribution < 1.29 is 9.59 Å². The van der Waals surface area contributed by atoms with E-state index < -0.39 is 0 Å². The number of nitrogens with one attached hydrogen (secondary N) is 2. The van der Waals surface area contributed by atoms with Crippen LogP contribution in [0.25, 0.3) is 0 Å². The Morgan fingerprint density at radius 1 is 1.29 bits per heavy atom. The van der Waals surface area contributed by atoms with Gasteiger partial charge in [-0.25, -0.2) is 0 Å². The second-order valence-corrected chi connectivity index (χ2v) is 8.00. The molecule has 2 N–H and O–H groups in total. The van der Waals surface area contributed by atoms with Gasteiger partial charge in [0.1, 0.15) is 0 Å². The van der Waals surface area contributed by atoms with Gasteiger partial charge in [0.15, 0.2) is 0 Å². The average Bonchev–Trinajstić information content (AvgIpc) is 2.52. The maximum absolute atomic E-state index is 12.6. The number of piperidine rings is 1. The molecule has 0 aliphatic carbocycles. The van der Waals surface area contributed by atoms with E-state index >= 15 is 0 Å². The van der Waals surface area contributed by atoms with Crippen molar-refractivity contribution >= 4 is 11.8 Å². The first kappa shape index (κ1) is 18.5. The van der Waals surface area contributed by atoms with Gasteiger partial charge in [0, 0.05) is 30.3 Å². The van der Waals surface area contributed by atoms with Gasteiger partial charge in [0.25, 0.3) is 0 Å². The van der Waals surface area contributed by atoms with Gasteiger partial charge < -0.3 is 10.6 Å². The molecule has 2 unspecified atom stereocenters. The molecule has 1 aromatic carbocycles. The van der Waals surface area contributed by atoms with E-state index in [2.05, 4.69) is 50.5 Å². The quantitative estimate of drug-likeness (QED) is 0.842. The van der Waals surface area contributed by atoms with E-state index in [4.69, 9.17) is 0 Å². The summed E-state index contributed by atoms with van der Waals surface area (Å²) in [6.45, 7) is 9.09. The molecule has 132 valence electrons. The summed E-state index contributed by atoms with van der Waals surface area (Å²) in [5.74, 6) is 0.292. The summed E-state index contributed by atoms with van der Waals surface area (Å²) in [6.07, 6.45) is 1.96. The van der Waals surface area contributed by atoms with Gasteiger partial charge in [-0.05, 0) is 24.3 Å². The normalized spacial score (nSPS) is 21.5. The van der Waals surface area contributed by atoms with Gasteiger partial charge >= 0.3 is 0 Å². The second kappa shape index (κ2) is 7.82. The number of amides is 2. The highest BCUT2D eigenvalue weighted by Crippen LogP contribution is 2.24. The highest BCUT2D eigenvalue weighted by Gasteiger charge is 2.32. The van der Waals surface area contributed by atoms with Crippen LogP contribution < -0.4 is 10.6 Å². The van der Waals surface area contributed by atoms with E-state index in [1.54, 1.807) is 0 Å². The second-order valence-electron chi connectivity index (χ2n) is 8.00. The highest BCUT2D eigenvalue weighted by atomic mass is 16.2. The third-order valence-corrected chi connectivity index (χ3v) is 4.75. The smallest absolute Gasteiger partial charge is 0.223 e. The summed E-state index contributed by atoms with van der Waals surface area (Å²) in [5.41, 5.74) is 1.06. The molecular weight excluding hydrogens is 300 g/mol. The van der Waals surface area contributed by atoms with Crippen molar-refractivity contribution in [3.63, 3.8) is 0 Å². The van der Waals surface area contributed by atoms with Gasteiger partial charge in [-0.15, -0.1) is 0 Å². The Morgan fingerprint density at radius 2 is 1.96 bits per heavy atom. The molecule has 0 saturated carbocycles. The third kappa shape index (κ3) is 5.08. The molecule has 4 heteroatoms. The third-order valence-electron chi connectivity index (χ3n) is 4.75. The number of hydrogen-bond donors (Lipinski definition) is 2. The highest BCUT2D eigenvalue weighted by molar-refractivity contribution is 5.87. The minimum Gasteiger partial charge on any atom is -0.355 e. The summed E-state index contributed by atoms with van der Waals surface area (Å²) in [5, 5.41) is 6.08. The Bertz CT molecular complexity index is 566. The lowest BCUT2D eigenvalue weighted by Gasteiger charge is -2.31. The first-order valence-electron chi connectivity index (χ1n) is 8.90. The number of carbonyl (C=O) groups is 2. The first-order valence-corrected chi connectivity index (χ1v) is 8.90. The van der Waals surface area contributed by atoms with Crippen LogP contribution >= 0.6 is 0 Å². The van der Waals surface area contributed by atoms with Crippen LogP contribution in [0.15, 0.2) is 30.3 Å². The topological polar surface area (TPSA) is 58.2 Å². The molecule has 2 atom stereocenters. The Balaban J connectivity index is 1.93. The van der Waals surface area contributed by atoms with Crippen LogP contribution in [0.3, 0.4) is 0 Å². The number of rotatable bonds is 6. The van der Waals surface area contributed by atoms with Crippen LogP contribution in [-0.2, 0) is 15.0 Å². The van der Waals surface area contributed by atoms with Crippen molar-refractivity contribution in [2.24, 2.45) is 11.8 Å². The molecule has 24 heavy (non-hydrogen) atoms. The summed E-state index contributed by atoms with van der Waals surface area (Å²) in [7, 11) is 0. The molecule has 1 saturated heterocycles. The molecule has 2 amide bonds. The van der Waals surface area contributed by atoms with Gasteiger partial charge in [-0.3, -0.25) is 9.59 Å². The van der Waals surface area contributed by atoms with Crippen molar-refractivity contribution in [3.8, 4) is 0 Å². The van der Waals surface area contributed by atoms with Crippen LogP contribution in [0, 0.1) is 11.8 Å². The number of carbonyl (C=O) groups excluding carboxylic acids is 2. The van der Waals surface area contributed by atoms with E-state index in [-0.39, 0.29) is 29.2 Å². The zero-order chi connectivity index (χ0) is 17.7. The molecule has 1 fully saturated rings. The van der Waals surface area contributed by atoms with Crippen molar-refractivity contribution in [1.82, 2.24) is 10.6 Å². The molecule has 1 aliphatic heterocycles. The van der Waals surface area contributed by atoms with Crippen molar-refractivity contribution in [1.29, 1.82) is 0 Å². The number of hydrogen-bond acceptors (Lipinski definition) is 2. The lowest BCUT2D eigenvalue weighted by atomic mass is 9.83. The molecule has 1 aromatic rings. The molecule has 1 aliphatic rings. The lowest BCUT2D eigenvalue weighted by Crippen LogP contribution is -2.48. The largest absolute Gasteiger partial charge is 0.355 e. The Hall–Kier alpha value is -1.84. The molecule has 0 bridgehead atoms. The minimum absolute atomic E-state index is 0.00242. The van der Waals surface area contributed by atoms with E-state index in [0.717, 1.165) is 12.8 Å². The molecule has 0 spiro atoms. The van der Waals surface area contributed by atoms with Gasteiger partial charge in [0.2, 0.25) is 11.8 Å². The molecule has 2 rings (SSSR count). The Labute approximate surface area is 145 Å². The summed E-state index contributed by atoms with van der Waals surface area (Å²) in [4.78, 5) is 24.5. The van der Waals surface area contributed by atoms with Gasteiger partial charge in [0.05, 0.1) is 0 Å². The van der Waals surface area contributed by atoms with E-state index in [1.807, 2.05) is 18.2 Å². The Morgan fingerprint density at radius 3 is 2.58 bits per heavy atom. The van der Waals surface area contributed by atoms with Crippen LogP contribution in [-0.4, -0.2) is 24.4 Å². The zero-order valence-electron chi connectivity index (χ0n) is 15.3. The van der Waals surface area contributed by atoms with Crippen molar-refractivity contribution in [3.05, 3.63) is 35.9 Å². The SMILES string of the molecule is CC(C)CC1CC(C(=O)NCC(C)(C)c2ccccc2)CC(=O)N1. The van der Waals surface area contributed by atoms with E-state index in [1.165, 1.54) is 5.56 Å². The molecule has 0 radical (unpaired) electrons. The van der Waals surface area contributed by atoms with Crippen molar-refractivity contribution in [2.45, 2.75) is 58.4 Å². The predicted molar refractivity (Wildman–Crippen MR) is 96.6 cm³/mol. The molecule has 4 nitrogen and oxygen atoms in total. The fourth-order valence-electron chi connectivity index (χ4n) is 3.36. The molecule has 1 heterocycles. The molecular formula is C20H30N2O2. The van der Waals surface area contributed by atoms with Crippen LogP contribution in [0.5, 0.6) is 0 Å². The fourth-order valence-corrected chi connectivity index (χ4v) is 3.36. The van der Waals surface area contributed by atoms with E-state index in [0.29, 0.717) is 18.9 Å². The van der Waals surface area contributed by atoms with Crippen LogP contribution in [0.1, 0.15) is 52.5 Å². The lowest BCUT2D eigenvalue weighted by molar-refractivity contribution is -0.133. The Kier molecular flexibility index (Phi) is 6.03. The van der Waals surface area contributed by atoms with Gasteiger partial charge in [-0.2, -0.15) is 0 Å². The summed E-state index contributed by atoms with van der Waals surface area (Å²) in [6, 6.07) is 10.3. The fraction of sp³-hybridized carbons (Fsp3) is 0.600. The van der Waals surface area contributed by atoms with E-state index in [9.17, 15) is 9.59 Å².